The van der Waals surface area contributed by atoms with Gasteiger partial charge in [0.2, 0.25) is 10.0 Å². The molecule has 0 atom stereocenters. The number of benzene rings is 2. The highest BCUT2D eigenvalue weighted by atomic mass is 79.9. The average molecular weight is 342 g/mol. The number of nitrogens with one attached hydrogen (secondary N) is 1. The molecule has 102 valence electrons. The molecular weight excluding hydrogens is 326 g/mol. The van der Waals surface area contributed by atoms with Gasteiger partial charge in [0.25, 0.3) is 0 Å². The van der Waals surface area contributed by atoms with Gasteiger partial charge in [-0.25, -0.2) is 8.42 Å². The summed E-state index contributed by atoms with van der Waals surface area (Å²) in [6.45, 7) is 1.98. The van der Waals surface area contributed by atoms with Crippen molar-refractivity contribution in [3.8, 4) is 0 Å². The minimum absolute atomic E-state index is 0.169. The highest BCUT2D eigenvalue weighted by Gasteiger charge is 2.09. The zero-order valence-electron chi connectivity index (χ0n) is 10.7. The molecule has 0 aliphatic heterocycles. The molecule has 2 rings (SSSR count). The van der Waals surface area contributed by atoms with Crippen molar-refractivity contribution >= 4 is 42.4 Å². The maximum absolute atomic E-state index is 11.8. The second-order valence-corrected chi connectivity index (χ2v) is 7.24. The molecular formula is C14H16BrNO2S. The Morgan fingerprint density at radius 1 is 1.11 bits per heavy atom. The second-order valence-electron chi connectivity index (χ2n) is 4.48. The van der Waals surface area contributed by atoms with Gasteiger partial charge in [0.05, 0.1) is 5.75 Å². The fourth-order valence-corrected chi connectivity index (χ4v) is 3.48. The Labute approximate surface area is 122 Å². The van der Waals surface area contributed by atoms with Crippen LogP contribution in [0, 0.1) is 0 Å². The van der Waals surface area contributed by atoms with Gasteiger partial charge in [-0.2, -0.15) is 0 Å². The molecule has 0 aliphatic carbocycles. The summed E-state index contributed by atoms with van der Waals surface area (Å²) in [5.41, 5.74) is 0.617. The molecule has 0 amide bonds. The zero-order chi connectivity index (χ0) is 13.9. The first kappa shape index (κ1) is 14.3. The van der Waals surface area contributed by atoms with Gasteiger partial charge >= 0.3 is 0 Å². The lowest BCUT2D eigenvalue weighted by molar-refractivity contribution is 0.598. The number of hydrogen-bond acceptors (Lipinski definition) is 2. The smallest absolute Gasteiger partial charge is 0.232 e. The van der Waals surface area contributed by atoms with E-state index in [4.69, 9.17) is 0 Å². The Morgan fingerprint density at radius 3 is 2.53 bits per heavy atom. The molecule has 1 N–H and O–H groups in total. The Kier molecular flexibility index (Phi) is 4.47. The molecule has 2 aromatic rings. The Hall–Kier alpha value is -1.07. The first-order valence-electron chi connectivity index (χ1n) is 6.20. The quantitative estimate of drug-likeness (QED) is 0.887. The van der Waals surface area contributed by atoms with Crippen molar-refractivity contribution in [3.63, 3.8) is 0 Å². The van der Waals surface area contributed by atoms with E-state index in [2.05, 4.69) is 20.7 Å². The van der Waals surface area contributed by atoms with Crippen molar-refractivity contribution in [2.75, 3.05) is 10.5 Å². The summed E-state index contributed by atoms with van der Waals surface area (Å²) in [6, 6.07) is 11.5. The van der Waals surface area contributed by atoms with Crippen molar-refractivity contribution in [1.82, 2.24) is 0 Å². The van der Waals surface area contributed by atoms with E-state index < -0.39 is 10.0 Å². The van der Waals surface area contributed by atoms with Gasteiger partial charge in [-0.05, 0) is 41.5 Å². The van der Waals surface area contributed by atoms with Crippen LogP contribution in [0.15, 0.2) is 40.9 Å². The monoisotopic (exact) mass is 341 g/mol. The third kappa shape index (κ3) is 3.94. The van der Waals surface area contributed by atoms with Gasteiger partial charge in [0, 0.05) is 10.2 Å². The van der Waals surface area contributed by atoms with E-state index in [-0.39, 0.29) is 5.75 Å². The fraction of sp³-hybridized carbons (Fsp3) is 0.286. The van der Waals surface area contributed by atoms with Gasteiger partial charge in [0.1, 0.15) is 0 Å². The molecule has 0 heterocycles. The number of hydrogen-bond donors (Lipinski definition) is 1. The van der Waals surface area contributed by atoms with Crippen molar-refractivity contribution in [2.45, 2.75) is 19.8 Å². The summed E-state index contributed by atoms with van der Waals surface area (Å²) in [5.74, 6) is 0.169. The van der Waals surface area contributed by atoms with Crippen molar-refractivity contribution < 1.29 is 8.42 Å². The number of halogens is 1. The Bertz CT molecular complexity index is 683. The van der Waals surface area contributed by atoms with Gasteiger partial charge in [-0.15, -0.1) is 0 Å². The molecule has 0 saturated heterocycles. The highest BCUT2D eigenvalue weighted by molar-refractivity contribution is 9.10. The van der Waals surface area contributed by atoms with Crippen LogP contribution in [0.2, 0.25) is 0 Å². The Morgan fingerprint density at radius 2 is 1.79 bits per heavy atom. The first-order chi connectivity index (χ1) is 9.00. The molecule has 2 aromatic carbocycles. The molecule has 0 saturated carbocycles. The number of fused-ring (bicyclic) bond motifs is 1. The molecule has 0 aliphatic rings. The molecule has 0 aromatic heterocycles. The van der Waals surface area contributed by atoms with Crippen LogP contribution >= 0.6 is 15.9 Å². The van der Waals surface area contributed by atoms with Crippen LogP contribution in [-0.2, 0) is 10.0 Å². The van der Waals surface area contributed by atoms with E-state index in [1.807, 2.05) is 37.3 Å². The standard InChI is InChI=1S/C14H16BrNO2S/c1-2-3-8-19(17,18)16-14-7-5-11-9-13(15)6-4-12(11)10-14/h4-7,9-10,16H,2-3,8H2,1H3. The highest BCUT2D eigenvalue weighted by Crippen LogP contribution is 2.23. The number of sulfonamides is 1. The van der Waals surface area contributed by atoms with E-state index in [0.717, 1.165) is 21.7 Å². The van der Waals surface area contributed by atoms with Crippen molar-refractivity contribution in [1.29, 1.82) is 0 Å². The van der Waals surface area contributed by atoms with Crippen LogP contribution in [0.3, 0.4) is 0 Å². The Balaban J connectivity index is 2.24. The lowest BCUT2D eigenvalue weighted by Crippen LogP contribution is -2.16. The maximum atomic E-state index is 11.8. The zero-order valence-corrected chi connectivity index (χ0v) is 13.1. The van der Waals surface area contributed by atoms with E-state index >= 15 is 0 Å². The normalized spacial score (nSPS) is 11.7. The summed E-state index contributed by atoms with van der Waals surface area (Å²) in [6.07, 6.45) is 1.54. The largest absolute Gasteiger partial charge is 0.284 e. The number of unbranched alkanes of at least 4 members (excludes halogenated alkanes) is 1. The predicted molar refractivity (Wildman–Crippen MR) is 84.0 cm³/mol. The minimum atomic E-state index is -3.23. The van der Waals surface area contributed by atoms with Crippen LogP contribution in [0.5, 0.6) is 0 Å². The molecule has 0 fully saturated rings. The van der Waals surface area contributed by atoms with Gasteiger partial charge in [-0.3, -0.25) is 4.72 Å². The van der Waals surface area contributed by atoms with E-state index in [1.54, 1.807) is 6.07 Å². The predicted octanol–water partition coefficient (Wildman–Crippen LogP) is 4.14. The van der Waals surface area contributed by atoms with Crippen LogP contribution < -0.4 is 4.72 Å². The topological polar surface area (TPSA) is 46.2 Å². The summed E-state index contributed by atoms with van der Waals surface area (Å²) in [4.78, 5) is 0. The molecule has 5 heteroatoms. The lowest BCUT2D eigenvalue weighted by Gasteiger charge is -2.08. The molecule has 0 unspecified atom stereocenters. The third-order valence-corrected chi connectivity index (χ3v) is 4.71. The van der Waals surface area contributed by atoms with E-state index in [1.165, 1.54) is 0 Å². The van der Waals surface area contributed by atoms with Crippen LogP contribution in [0.4, 0.5) is 5.69 Å². The first-order valence-corrected chi connectivity index (χ1v) is 8.64. The lowest BCUT2D eigenvalue weighted by atomic mass is 10.1. The SMILES string of the molecule is CCCCS(=O)(=O)Nc1ccc2cc(Br)ccc2c1. The van der Waals surface area contributed by atoms with Crippen LogP contribution in [0.25, 0.3) is 10.8 Å². The van der Waals surface area contributed by atoms with Gasteiger partial charge in [0.15, 0.2) is 0 Å². The van der Waals surface area contributed by atoms with Crippen LogP contribution in [0.1, 0.15) is 19.8 Å². The molecule has 0 bridgehead atoms. The van der Waals surface area contributed by atoms with Gasteiger partial charge in [-0.1, -0.05) is 41.4 Å². The average Bonchev–Trinajstić information content (AvgIpc) is 2.36. The van der Waals surface area contributed by atoms with Crippen molar-refractivity contribution in [2.24, 2.45) is 0 Å². The van der Waals surface area contributed by atoms with E-state index in [0.29, 0.717) is 12.1 Å². The number of rotatable bonds is 5. The summed E-state index contributed by atoms with van der Waals surface area (Å²) in [7, 11) is -3.23. The molecule has 0 radical (unpaired) electrons. The van der Waals surface area contributed by atoms with E-state index in [9.17, 15) is 8.42 Å². The molecule has 0 spiro atoms. The van der Waals surface area contributed by atoms with Crippen LogP contribution in [-0.4, -0.2) is 14.2 Å². The maximum Gasteiger partial charge on any atom is 0.232 e. The second kappa shape index (κ2) is 5.92. The molecule has 19 heavy (non-hydrogen) atoms. The fourth-order valence-electron chi connectivity index (χ4n) is 1.85. The third-order valence-electron chi connectivity index (χ3n) is 2.84. The summed E-state index contributed by atoms with van der Waals surface area (Å²) >= 11 is 3.42. The number of anilines is 1. The van der Waals surface area contributed by atoms with Crippen molar-refractivity contribution in [3.05, 3.63) is 40.9 Å². The summed E-state index contributed by atoms with van der Waals surface area (Å²) in [5, 5.41) is 2.09. The summed E-state index contributed by atoms with van der Waals surface area (Å²) < 4.78 is 27.3. The minimum Gasteiger partial charge on any atom is -0.284 e. The van der Waals surface area contributed by atoms with Gasteiger partial charge < -0.3 is 0 Å². The molecule has 3 nitrogen and oxygen atoms in total.